The molecule has 0 spiro atoms. The third kappa shape index (κ3) is 19.2. The van der Waals surface area contributed by atoms with Gasteiger partial charge in [-0.05, 0) is 48.7 Å². The van der Waals surface area contributed by atoms with Gasteiger partial charge in [0.15, 0.2) is 11.4 Å². The molecule has 0 aromatic rings. The Morgan fingerprint density at radius 2 is 0.861 bits per heavy atom. The number of ether oxygens (including phenoxy) is 8. The molecule has 424 valence electrons. The summed E-state index contributed by atoms with van der Waals surface area (Å²) < 4.78 is 46.2. The average molecular weight is 1140 g/mol. The first-order valence-corrected chi connectivity index (χ1v) is 28.5. The Balaban J connectivity index is 1.37. The van der Waals surface area contributed by atoms with Crippen molar-refractivity contribution >= 4 is 64.4 Å². The van der Waals surface area contributed by atoms with E-state index >= 15 is 0 Å². The van der Waals surface area contributed by atoms with Crippen molar-refractivity contribution in [2.75, 3.05) is 108 Å². The highest BCUT2D eigenvalue weighted by atomic mass is 32.2. The number of rotatable bonds is 32. The highest BCUT2D eigenvalue weighted by molar-refractivity contribution is 8.00. The van der Waals surface area contributed by atoms with Gasteiger partial charge in [-0.3, -0.25) is 0 Å². The zero-order chi connectivity index (χ0) is 53.0. The van der Waals surface area contributed by atoms with E-state index in [1.807, 2.05) is 0 Å². The van der Waals surface area contributed by atoms with Crippen molar-refractivity contribution in [1.29, 1.82) is 0 Å². The minimum absolute atomic E-state index is 0.0785. The summed E-state index contributed by atoms with van der Waals surface area (Å²) in [5.74, 6) is 2.02. The third-order valence-electron chi connectivity index (χ3n) is 12.3. The Hall–Kier alpha value is 0.170. The number of methoxy groups -OCH3 is 1. The Bertz CT molecular complexity index is 1380. The van der Waals surface area contributed by atoms with Gasteiger partial charge in [0.05, 0.1) is 51.2 Å². The van der Waals surface area contributed by atoms with Crippen LogP contribution in [0.1, 0.15) is 19.3 Å². The molecule has 4 aliphatic rings. The maximum Gasteiger partial charge on any atom is 0.186 e. The molecule has 0 saturated carbocycles. The molecule has 72 heavy (non-hydrogen) atoms. The summed E-state index contributed by atoms with van der Waals surface area (Å²) in [7, 11) is 1.32. The Morgan fingerprint density at radius 1 is 0.486 bits per heavy atom. The molecule has 4 heterocycles. The predicted molar refractivity (Wildman–Crippen MR) is 267 cm³/mol. The number of thioether (sulfide) groups is 4. The van der Waals surface area contributed by atoms with Crippen LogP contribution in [-0.4, -0.2) is 310 Å². The maximum atomic E-state index is 10.5. The van der Waals surface area contributed by atoms with Crippen LogP contribution >= 0.6 is 59.3 Å². The van der Waals surface area contributed by atoms with Crippen molar-refractivity contribution in [3.05, 3.63) is 0 Å². The molecule has 4 fully saturated rings. The molecule has 30 heteroatoms. The van der Waals surface area contributed by atoms with E-state index in [4.69, 9.17) is 50.1 Å². The summed E-state index contributed by atoms with van der Waals surface area (Å²) in [6.07, 6.45) is -20.9. The van der Waals surface area contributed by atoms with Crippen LogP contribution in [0.5, 0.6) is 0 Å². The molecular formula is C42H78N2O23S5. The van der Waals surface area contributed by atoms with E-state index in [1.165, 1.54) is 54.2 Å². The van der Waals surface area contributed by atoms with Crippen LogP contribution in [0.4, 0.5) is 0 Å². The minimum Gasteiger partial charge on any atom is -0.394 e. The summed E-state index contributed by atoms with van der Waals surface area (Å²) in [6, 6.07) is 0. The molecule has 0 amide bonds. The standard InChI is InChI=1S/C42H78N2O23S5/c1-60-37-33(56)29(52)28(51)24(64-37)16-69-12-5-43-41(68)44-17-42(18-61-6-2-9-70-38-34(57)30(53)25(48)21(13-45)65-38,19-62-7-3-10-71-39-35(58)31(54)26(49)22(14-46)66-39)20-63-8-4-11-72-40-36(59)32(55)27(50)23(15-47)67-40/h21-40,45-59H,2-20H2,1H3,(H2,43,44,68)/t21-,22-,23-,24-,25-,26-,27-,28-,29+,30+,31+,32+,33-,34-,35-,36+,37+,38+,39+,40-/m1/s1. The molecule has 4 aliphatic heterocycles. The van der Waals surface area contributed by atoms with Gasteiger partial charge in [-0.1, -0.05) is 0 Å². The van der Waals surface area contributed by atoms with E-state index < -0.39 is 145 Å². The molecule has 4 rings (SSSR count). The van der Waals surface area contributed by atoms with Crippen molar-refractivity contribution in [1.82, 2.24) is 10.6 Å². The number of aliphatic hydroxyl groups is 15. The predicted octanol–water partition coefficient (Wildman–Crippen LogP) is -6.56. The van der Waals surface area contributed by atoms with E-state index in [0.29, 0.717) is 48.8 Å². The number of hydrogen-bond donors (Lipinski definition) is 17. The van der Waals surface area contributed by atoms with Crippen LogP contribution in [0.15, 0.2) is 0 Å². The smallest absolute Gasteiger partial charge is 0.186 e. The molecule has 0 bridgehead atoms. The van der Waals surface area contributed by atoms with Gasteiger partial charge < -0.3 is 125 Å². The molecule has 0 radical (unpaired) electrons. The van der Waals surface area contributed by atoms with Crippen molar-refractivity contribution in [2.24, 2.45) is 5.41 Å². The topological polar surface area (TPSA) is 401 Å². The Morgan fingerprint density at radius 3 is 1.24 bits per heavy atom. The third-order valence-corrected chi connectivity index (χ3v) is 17.3. The largest absolute Gasteiger partial charge is 0.394 e. The van der Waals surface area contributed by atoms with Gasteiger partial charge in [0.2, 0.25) is 0 Å². The second-order valence-electron chi connectivity index (χ2n) is 17.9. The maximum absolute atomic E-state index is 10.5. The summed E-state index contributed by atoms with van der Waals surface area (Å²) in [5.41, 5.74) is -3.63. The number of hydrogen-bond acceptors (Lipinski definition) is 28. The molecule has 25 nitrogen and oxygen atoms in total. The Kier molecular flexibility index (Phi) is 30.2. The second-order valence-corrected chi connectivity index (χ2v) is 23.0. The lowest BCUT2D eigenvalue weighted by Crippen LogP contribution is -2.58. The molecule has 0 aliphatic carbocycles. The van der Waals surface area contributed by atoms with Gasteiger partial charge in [0.25, 0.3) is 0 Å². The van der Waals surface area contributed by atoms with Gasteiger partial charge in [0.1, 0.15) is 108 Å². The van der Waals surface area contributed by atoms with Crippen LogP contribution in [0.3, 0.4) is 0 Å². The minimum atomic E-state index is -1.50. The fourth-order valence-corrected chi connectivity index (χ4v) is 12.2. The number of nitrogens with one attached hydrogen (secondary N) is 2. The first-order chi connectivity index (χ1) is 34.4. The van der Waals surface area contributed by atoms with E-state index in [2.05, 4.69) is 10.6 Å². The van der Waals surface area contributed by atoms with Gasteiger partial charge in [-0.15, -0.1) is 35.3 Å². The lowest BCUT2D eigenvalue weighted by Gasteiger charge is -2.39. The number of aliphatic hydroxyl groups excluding tert-OH is 15. The van der Waals surface area contributed by atoms with Crippen molar-refractivity contribution in [3.8, 4) is 0 Å². The number of thiocarbonyl (C=S) groups is 1. The molecule has 0 unspecified atom stereocenters. The summed E-state index contributed by atoms with van der Waals surface area (Å²) >= 11 is 10.6. The monoisotopic (exact) mass is 1140 g/mol. The second kappa shape index (κ2) is 33.6. The van der Waals surface area contributed by atoms with Crippen LogP contribution in [-0.2, 0) is 37.9 Å². The summed E-state index contributed by atoms with van der Waals surface area (Å²) in [6.45, 7) is -0.192. The zero-order valence-electron chi connectivity index (χ0n) is 40.0. The van der Waals surface area contributed by atoms with Gasteiger partial charge in [-0.2, -0.15) is 11.8 Å². The van der Waals surface area contributed by atoms with Crippen molar-refractivity contribution < 1.29 is 114 Å². The summed E-state index contributed by atoms with van der Waals surface area (Å²) in [5, 5.41) is 159. The van der Waals surface area contributed by atoms with E-state index in [9.17, 15) is 76.6 Å². The molecule has 17 N–H and O–H groups in total. The zero-order valence-corrected chi connectivity index (χ0v) is 44.1. The Labute approximate surface area is 440 Å². The van der Waals surface area contributed by atoms with E-state index in [1.54, 1.807) is 0 Å². The van der Waals surface area contributed by atoms with E-state index in [-0.39, 0.29) is 57.1 Å². The highest BCUT2D eigenvalue weighted by Gasteiger charge is 2.47. The van der Waals surface area contributed by atoms with E-state index in [0.717, 1.165) is 0 Å². The fourth-order valence-electron chi connectivity index (χ4n) is 7.86. The molecule has 20 atom stereocenters. The average Bonchev–Trinajstić information content (AvgIpc) is 3.38. The first-order valence-electron chi connectivity index (χ1n) is 23.8. The lowest BCUT2D eigenvalue weighted by atomic mass is 9.90. The SMILES string of the molecule is CO[C@H]1O[C@H](CSCCNC(=S)NCC(COCCCS[C@H]2O[C@H](CO)[C@@H](O)[C@H](O)[C@@H]2O)(COCCCS[C@@H]2O[C@H](CO)[C@@H](O)[C@H](O)[C@H]2O)COCCCS[C@@H]2O[C@H](CO)[C@@H](O)[C@H](O)[C@H]2O)[C@@H](O)[C@H](O)[C@H]1O. The fraction of sp³-hybridized carbons (Fsp3) is 0.976. The molecule has 0 aromatic carbocycles. The quantitative estimate of drug-likeness (QED) is 0.0220. The van der Waals surface area contributed by atoms with Crippen LogP contribution in [0.2, 0.25) is 0 Å². The molecular weight excluding hydrogens is 1060 g/mol. The summed E-state index contributed by atoms with van der Waals surface area (Å²) in [4.78, 5) is 0. The van der Waals surface area contributed by atoms with Crippen molar-refractivity contribution in [2.45, 2.75) is 140 Å². The molecule has 0 aromatic heterocycles. The van der Waals surface area contributed by atoms with Crippen LogP contribution < -0.4 is 10.6 Å². The van der Waals surface area contributed by atoms with Crippen LogP contribution in [0.25, 0.3) is 0 Å². The van der Waals surface area contributed by atoms with Crippen molar-refractivity contribution in [3.63, 3.8) is 0 Å². The first kappa shape index (κ1) is 64.7. The van der Waals surface area contributed by atoms with Crippen LogP contribution in [0, 0.1) is 5.41 Å². The van der Waals surface area contributed by atoms with Gasteiger partial charge in [0, 0.05) is 51.5 Å². The molecule has 4 saturated heterocycles. The van der Waals surface area contributed by atoms with Gasteiger partial charge in [-0.25, -0.2) is 0 Å². The lowest BCUT2D eigenvalue weighted by molar-refractivity contribution is -0.284. The highest BCUT2D eigenvalue weighted by Crippen LogP contribution is 2.32. The normalized spacial score (nSPS) is 37.7. The van der Waals surface area contributed by atoms with Gasteiger partial charge >= 0.3 is 0 Å².